The minimum absolute atomic E-state index is 0.102. The van der Waals surface area contributed by atoms with Crippen LogP contribution < -0.4 is 10.2 Å². The van der Waals surface area contributed by atoms with Crippen molar-refractivity contribution in [3.05, 3.63) is 71.2 Å². The Labute approximate surface area is 167 Å². The molecule has 2 aromatic carbocycles. The summed E-state index contributed by atoms with van der Waals surface area (Å²) in [7, 11) is 1.72. The van der Waals surface area contributed by atoms with Crippen LogP contribution in [0, 0.1) is 12.7 Å². The van der Waals surface area contributed by atoms with E-state index in [0.717, 1.165) is 23.2 Å². The quantitative estimate of drug-likeness (QED) is 0.743. The summed E-state index contributed by atoms with van der Waals surface area (Å²) in [5.74, 6) is -0.865. The normalized spacial score (nSPS) is 12.7. The van der Waals surface area contributed by atoms with Crippen LogP contribution in [0.5, 0.6) is 0 Å². The minimum atomic E-state index is -0.425. The van der Waals surface area contributed by atoms with Crippen LogP contribution >= 0.6 is 0 Å². The van der Waals surface area contributed by atoms with Gasteiger partial charge in [0, 0.05) is 24.8 Å². The second kappa shape index (κ2) is 7.50. The maximum absolute atomic E-state index is 13.5. The van der Waals surface area contributed by atoms with Crippen molar-refractivity contribution in [1.82, 2.24) is 15.1 Å². The molecule has 0 fully saturated rings. The standard InChI is InChI=1S/C22H21FN4O2/c1-14-11-16(7-8-17(14)23)20-12-18(25-26(20)2)22(29)24-13-21(28)27-10-9-15-5-3-4-6-19(15)27/h3-8,11-12H,9-10,13H2,1-2H3,(H,24,29). The predicted octanol–water partition coefficient (Wildman–Crippen LogP) is 2.85. The number of nitrogens with one attached hydrogen (secondary N) is 1. The second-order valence-corrected chi connectivity index (χ2v) is 7.11. The molecule has 0 radical (unpaired) electrons. The Morgan fingerprint density at radius 3 is 2.76 bits per heavy atom. The van der Waals surface area contributed by atoms with Crippen LogP contribution in [0.25, 0.3) is 11.3 Å². The monoisotopic (exact) mass is 392 g/mol. The first-order valence-corrected chi connectivity index (χ1v) is 9.41. The zero-order chi connectivity index (χ0) is 20.5. The summed E-state index contributed by atoms with van der Waals surface area (Å²) in [4.78, 5) is 26.8. The number of halogens is 1. The Morgan fingerprint density at radius 1 is 1.17 bits per heavy atom. The Kier molecular flexibility index (Phi) is 4.88. The number of amides is 2. The van der Waals surface area contributed by atoms with Crippen LogP contribution in [0.15, 0.2) is 48.5 Å². The number of benzene rings is 2. The molecule has 2 heterocycles. The smallest absolute Gasteiger partial charge is 0.272 e. The number of nitrogens with zero attached hydrogens (tertiary/aromatic N) is 3. The summed E-state index contributed by atoms with van der Waals surface area (Å²) < 4.78 is 15.1. The molecule has 148 valence electrons. The number of carbonyl (C=O) groups excluding carboxylic acids is 2. The van der Waals surface area contributed by atoms with E-state index in [-0.39, 0.29) is 24.0 Å². The Morgan fingerprint density at radius 2 is 1.97 bits per heavy atom. The van der Waals surface area contributed by atoms with Crippen molar-refractivity contribution >= 4 is 17.5 Å². The molecule has 1 aliphatic heterocycles. The molecule has 1 N–H and O–H groups in total. The first kappa shape index (κ1) is 18.9. The van der Waals surface area contributed by atoms with Crippen molar-refractivity contribution in [2.75, 3.05) is 18.0 Å². The highest BCUT2D eigenvalue weighted by atomic mass is 19.1. The van der Waals surface area contributed by atoms with E-state index in [1.165, 1.54) is 6.07 Å². The number of hydrogen-bond acceptors (Lipinski definition) is 3. The molecule has 0 atom stereocenters. The zero-order valence-electron chi connectivity index (χ0n) is 16.3. The van der Waals surface area contributed by atoms with Crippen molar-refractivity contribution in [3.8, 4) is 11.3 Å². The SMILES string of the molecule is Cc1cc(-c2cc(C(=O)NCC(=O)N3CCc4ccccc43)nn2C)ccc1F. The third-order valence-electron chi connectivity index (χ3n) is 5.15. The molecule has 0 unspecified atom stereocenters. The molecule has 3 aromatic rings. The van der Waals surface area contributed by atoms with Crippen molar-refractivity contribution in [1.29, 1.82) is 0 Å². The number of rotatable bonds is 4. The number of aryl methyl sites for hydroxylation is 2. The number of hydrogen-bond donors (Lipinski definition) is 1. The molecule has 2 amide bonds. The van der Waals surface area contributed by atoms with Crippen LogP contribution in [0.3, 0.4) is 0 Å². The van der Waals surface area contributed by atoms with Gasteiger partial charge < -0.3 is 10.2 Å². The highest BCUT2D eigenvalue weighted by molar-refractivity contribution is 6.01. The van der Waals surface area contributed by atoms with Gasteiger partial charge in [-0.15, -0.1) is 0 Å². The topological polar surface area (TPSA) is 67.2 Å². The van der Waals surface area contributed by atoms with Gasteiger partial charge in [0.2, 0.25) is 5.91 Å². The van der Waals surface area contributed by atoms with Crippen molar-refractivity contribution in [2.24, 2.45) is 7.05 Å². The first-order valence-electron chi connectivity index (χ1n) is 9.41. The van der Waals surface area contributed by atoms with Crippen LogP contribution in [0.1, 0.15) is 21.6 Å². The van der Waals surface area contributed by atoms with E-state index in [4.69, 9.17) is 0 Å². The Balaban J connectivity index is 1.44. The lowest BCUT2D eigenvalue weighted by molar-refractivity contribution is -0.117. The Hall–Kier alpha value is -3.48. The molecular weight excluding hydrogens is 371 g/mol. The van der Waals surface area contributed by atoms with Crippen LogP contribution in [0.4, 0.5) is 10.1 Å². The number of anilines is 1. The highest BCUT2D eigenvalue weighted by Gasteiger charge is 2.24. The molecule has 29 heavy (non-hydrogen) atoms. The van der Waals surface area contributed by atoms with E-state index < -0.39 is 5.91 Å². The molecule has 0 spiro atoms. The van der Waals surface area contributed by atoms with Gasteiger partial charge >= 0.3 is 0 Å². The van der Waals surface area contributed by atoms with Gasteiger partial charge in [0.05, 0.1) is 12.2 Å². The number of para-hydroxylation sites is 1. The van der Waals surface area contributed by atoms with Crippen molar-refractivity contribution < 1.29 is 14.0 Å². The van der Waals surface area contributed by atoms with Crippen molar-refractivity contribution in [3.63, 3.8) is 0 Å². The molecule has 0 saturated carbocycles. The second-order valence-electron chi connectivity index (χ2n) is 7.11. The van der Waals surface area contributed by atoms with Gasteiger partial charge in [0.1, 0.15) is 5.82 Å². The third kappa shape index (κ3) is 3.63. The highest BCUT2D eigenvalue weighted by Crippen LogP contribution is 2.27. The first-order chi connectivity index (χ1) is 13.9. The number of fused-ring (bicyclic) bond motifs is 1. The van der Waals surface area contributed by atoms with Gasteiger partial charge in [-0.25, -0.2) is 4.39 Å². The fourth-order valence-corrected chi connectivity index (χ4v) is 3.59. The summed E-state index contributed by atoms with van der Waals surface area (Å²) >= 11 is 0. The predicted molar refractivity (Wildman–Crippen MR) is 108 cm³/mol. The van der Waals surface area contributed by atoms with E-state index in [1.54, 1.807) is 41.8 Å². The van der Waals surface area contributed by atoms with Crippen LogP contribution in [-0.4, -0.2) is 34.7 Å². The molecule has 0 bridgehead atoms. The summed E-state index contributed by atoms with van der Waals surface area (Å²) in [6.07, 6.45) is 0.816. The van der Waals surface area contributed by atoms with Gasteiger partial charge in [-0.3, -0.25) is 14.3 Å². The molecule has 1 aliphatic rings. The number of carbonyl (C=O) groups is 2. The average Bonchev–Trinajstić information content (AvgIpc) is 3.32. The summed E-state index contributed by atoms with van der Waals surface area (Å²) in [6, 6.07) is 14.2. The van der Waals surface area contributed by atoms with Gasteiger partial charge in [-0.2, -0.15) is 5.10 Å². The molecule has 7 heteroatoms. The van der Waals surface area contributed by atoms with Crippen LogP contribution in [0.2, 0.25) is 0 Å². The van der Waals surface area contributed by atoms with Gasteiger partial charge in [0.15, 0.2) is 5.69 Å². The largest absolute Gasteiger partial charge is 0.342 e. The lowest BCUT2D eigenvalue weighted by Gasteiger charge is -2.17. The molecule has 4 rings (SSSR count). The van der Waals surface area contributed by atoms with E-state index >= 15 is 0 Å². The summed E-state index contributed by atoms with van der Waals surface area (Å²) in [6.45, 7) is 2.20. The maximum atomic E-state index is 13.5. The van der Waals surface area contributed by atoms with E-state index in [9.17, 15) is 14.0 Å². The Bertz CT molecular complexity index is 1110. The van der Waals surface area contributed by atoms with Gasteiger partial charge in [-0.05, 0) is 54.8 Å². The zero-order valence-corrected chi connectivity index (χ0v) is 16.3. The summed E-state index contributed by atoms with van der Waals surface area (Å²) in [5, 5.41) is 6.89. The molecular formula is C22H21FN4O2. The third-order valence-corrected chi connectivity index (χ3v) is 5.15. The lowest BCUT2D eigenvalue weighted by Crippen LogP contribution is -2.39. The fraction of sp³-hybridized carbons (Fsp3) is 0.227. The fourth-order valence-electron chi connectivity index (χ4n) is 3.59. The van der Waals surface area contributed by atoms with Gasteiger partial charge in [-0.1, -0.05) is 18.2 Å². The molecule has 0 saturated heterocycles. The number of aromatic nitrogens is 2. The molecule has 6 nitrogen and oxygen atoms in total. The van der Waals surface area contributed by atoms with Crippen molar-refractivity contribution in [2.45, 2.75) is 13.3 Å². The summed E-state index contributed by atoms with van der Waals surface area (Å²) in [5.41, 5.74) is 4.22. The van der Waals surface area contributed by atoms with E-state index in [2.05, 4.69) is 10.4 Å². The molecule has 1 aromatic heterocycles. The average molecular weight is 392 g/mol. The van der Waals surface area contributed by atoms with Gasteiger partial charge in [0.25, 0.3) is 5.91 Å². The van der Waals surface area contributed by atoms with E-state index in [0.29, 0.717) is 17.8 Å². The van der Waals surface area contributed by atoms with Crippen LogP contribution in [-0.2, 0) is 18.3 Å². The maximum Gasteiger partial charge on any atom is 0.272 e. The molecule has 0 aliphatic carbocycles. The lowest BCUT2D eigenvalue weighted by atomic mass is 10.1. The minimum Gasteiger partial charge on any atom is -0.342 e. The van der Waals surface area contributed by atoms with E-state index in [1.807, 2.05) is 24.3 Å².